The van der Waals surface area contributed by atoms with Gasteiger partial charge in [-0.3, -0.25) is 9.59 Å². The first kappa shape index (κ1) is 24.6. The lowest BCUT2D eigenvalue weighted by molar-refractivity contribution is -0.895. The first-order valence-corrected chi connectivity index (χ1v) is 11.3. The summed E-state index contributed by atoms with van der Waals surface area (Å²) in [7, 11) is 3.04. The minimum atomic E-state index is -0.817. The Hall–Kier alpha value is -3.03. The highest BCUT2D eigenvalue weighted by molar-refractivity contribution is 6.46. The molecule has 1 N–H and O–H groups in total. The second-order valence-corrected chi connectivity index (χ2v) is 8.24. The normalized spacial score (nSPS) is 17.6. The number of rotatable bonds is 9. The fourth-order valence-electron chi connectivity index (χ4n) is 4.11. The largest absolute Gasteiger partial charge is 0.872 e. The minimum absolute atomic E-state index is 0.0657. The summed E-state index contributed by atoms with van der Waals surface area (Å²) in [6.45, 7) is 6.95. The van der Waals surface area contributed by atoms with Gasteiger partial charge in [0.05, 0.1) is 46.4 Å². The van der Waals surface area contributed by atoms with Crippen LogP contribution in [0.1, 0.15) is 31.0 Å². The third-order valence-corrected chi connectivity index (χ3v) is 6.32. The Labute approximate surface area is 199 Å². The molecule has 0 saturated carbocycles. The van der Waals surface area contributed by atoms with Crippen molar-refractivity contribution < 1.29 is 29.1 Å². The summed E-state index contributed by atoms with van der Waals surface area (Å²) >= 11 is 5.96. The van der Waals surface area contributed by atoms with E-state index in [-0.39, 0.29) is 5.57 Å². The molecule has 0 aromatic heterocycles. The average molecular weight is 473 g/mol. The predicted octanol–water partition coefficient (Wildman–Crippen LogP) is 1.51. The molecule has 3 rings (SSSR count). The second-order valence-electron chi connectivity index (χ2n) is 7.80. The summed E-state index contributed by atoms with van der Waals surface area (Å²) in [5.41, 5.74) is 0.847. The summed E-state index contributed by atoms with van der Waals surface area (Å²) in [6, 6.07) is 10.6. The van der Waals surface area contributed by atoms with Crippen LogP contribution in [0.2, 0.25) is 5.02 Å². The van der Waals surface area contributed by atoms with E-state index in [2.05, 4.69) is 13.8 Å². The predicted molar refractivity (Wildman–Crippen MR) is 124 cm³/mol. The molecule has 7 nitrogen and oxygen atoms in total. The molecule has 8 heteroatoms. The van der Waals surface area contributed by atoms with Crippen molar-refractivity contribution in [3.63, 3.8) is 0 Å². The molecule has 1 heterocycles. The van der Waals surface area contributed by atoms with E-state index in [0.717, 1.165) is 13.1 Å². The van der Waals surface area contributed by atoms with Gasteiger partial charge in [0.15, 0.2) is 11.5 Å². The average Bonchev–Trinajstić information content (AvgIpc) is 3.09. The van der Waals surface area contributed by atoms with E-state index in [1.54, 1.807) is 42.5 Å². The number of Topliss-reactive ketones (excluding diaryl/α,β-unsaturated/α-hetero) is 1. The topological polar surface area (TPSA) is 83.3 Å². The van der Waals surface area contributed by atoms with Crippen molar-refractivity contribution in [2.45, 2.75) is 19.9 Å². The maximum absolute atomic E-state index is 13.4. The van der Waals surface area contributed by atoms with Gasteiger partial charge in [0.1, 0.15) is 0 Å². The quantitative estimate of drug-likeness (QED) is 0.340. The van der Waals surface area contributed by atoms with Crippen LogP contribution in [0.15, 0.2) is 48.0 Å². The molecule has 1 atom stereocenters. The first-order chi connectivity index (χ1) is 15.9. The summed E-state index contributed by atoms with van der Waals surface area (Å²) < 4.78 is 10.7. The number of benzene rings is 2. The van der Waals surface area contributed by atoms with Gasteiger partial charge >= 0.3 is 0 Å². The number of carbonyl (C=O) groups excluding carboxylic acids is 2. The maximum Gasteiger partial charge on any atom is 0.295 e. The standard InChI is InChI=1S/C25H29ClN2O5/c1-5-27(6-2)13-14-28-22(17-9-12-19(32-3)20(15-17)33-4)21(24(30)25(28)31)23(29)16-7-10-18(26)11-8-16/h7-12,15,22,29H,5-6,13-14H2,1-4H3/b23-21+. The number of hydrogen-bond donors (Lipinski definition) is 1. The number of nitrogens with one attached hydrogen (secondary N) is 1. The first-order valence-electron chi connectivity index (χ1n) is 10.9. The number of ketones is 1. The third kappa shape index (κ3) is 4.99. The molecular weight excluding hydrogens is 444 g/mol. The number of halogens is 1. The van der Waals surface area contributed by atoms with Crippen LogP contribution in [0.4, 0.5) is 0 Å². The Kier molecular flexibility index (Phi) is 8.00. The Balaban J connectivity index is 2.14. The van der Waals surface area contributed by atoms with Crippen LogP contribution < -0.4 is 19.5 Å². The van der Waals surface area contributed by atoms with Crippen molar-refractivity contribution in [2.75, 3.05) is 40.4 Å². The molecule has 1 aliphatic heterocycles. The Bertz CT molecular complexity index is 1050. The maximum atomic E-state index is 13.4. The van der Waals surface area contributed by atoms with E-state index in [1.807, 2.05) is 0 Å². The number of quaternary nitrogens is 1. The van der Waals surface area contributed by atoms with Gasteiger partial charge in [0.2, 0.25) is 5.78 Å². The number of likely N-dealkylation sites (tertiary alicyclic amines) is 1. The number of ether oxygens (including phenoxy) is 2. The fraction of sp³-hybridized carbons (Fsp3) is 0.360. The highest BCUT2D eigenvalue weighted by atomic mass is 35.5. The molecular formula is C25H29ClN2O5. The van der Waals surface area contributed by atoms with E-state index in [4.69, 9.17) is 21.1 Å². The number of hydrogen-bond acceptors (Lipinski definition) is 5. The molecule has 2 aromatic carbocycles. The molecule has 2 aromatic rings. The molecule has 1 unspecified atom stereocenters. The zero-order valence-corrected chi connectivity index (χ0v) is 20.1. The molecule has 0 bridgehead atoms. The number of nitrogens with zero attached hydrogens (tertiary/aromatic N) is 1. The van der Waals surface area contributed by atoms with E-state index in [1.165, 1.54) is 24.0 Å². The lowest BCUT2D eigenvalue weighted by Gasteiger charge is -2.29. The van der Waals surface area contributed by atoms with Crippen molar-refractivity contribution in [3.05, 3.63) is 64.2 Å². The van der Waals surface area contributed by atoms with Gasteiger partial charge < -0.3 is 24.4 Å². The Morgan fingerprint density at radius 3 is 2.24 bits per heavy atom. The molecule has 0 radical (unpaired) electrons. The molecule has 1 saturated heterocycles. The van der Waals surface area contributed by atoms with Gasteiger partial charge in [0.25, 0.3) is 5.91 Å². The van der Waals surface area contributed by atoms with E-state index >= 15 is 0 Å². The van der Waals surface area contributed by atoms with Crippen LogP contribution in [0, 0.1) is 0 Å². The van der Waals surface area contributed by atoms with E-state index in [0.29, 0.717) is 40.7 Å². The van der Waals surface area contributed by atoms with Crippen molar-refractivity contribution in [3.8, 4) is 11.5 Å². The smallest absolute Gasteiger partial charge is 0.295 e. The molecule has 0 spiro atoms. The number of likely N-dealkylation sites (N-methyl/N-ethyl adjacent to an activating group) is 1. The zero-order chi connectivity index (χ0) is 24.1. The van der Waals surface area contributed by atoms with Crippen LogP contribution in [-0.4, -0.2) is 57.0 Å². The van der Waals surface area contributed by atoms with Gasteiger partial charge in [0, 0.05) is 10.6 Å². The SMILES string of the molecule is CC[NH+](CC)CCN1C(=O)C(=O)/C(=C(/[O-])c2ccc(Cl)cc2)C1c1ccc(OC)c(OC)c1. The zero-order valence-electron chi connectivity index (χ0n) is 19.3. The van der Waals surface area contributed by atoms with Gasteiger partial charge in [-0.1, -0.05) is 35.6 Å². The van der Waals surface area contributed by atoms with Crippen molar-refractivity contribution in [1.29, 1.82) is 0 Å². The number of carbonyl (C=O) groups is 2. The summed E-state index contributed by atoms with van der Waals surface area (Å²) in [6.07, 6.45) is 0. The number of amides is 1. The monoisotopic (exact) mass is 472 g/mol. The van der Waals surface area contributed by atoms with Crippen molar-refractivity contribution >= 4 is 29.1 Å². The molecule has 1 aliphatic rings. The summed E-state index contributed by atoms with van der Waals surface area (Å²) in [4.78, 5) is 29.0. The molecule has 0 aliphatic carbocycles. The molecule has 1 fully saturated rings. The van der Waals surface area contributed by atoms with Gasteiger partial charge in [-0.05, 0) is 49.2 Å². The van der Waals surface area contributed by atoms with Crippen LogP contribution >= 0.6 is 11.6 Å². The second kappa shape index (κ2) is 10.7. The lowest BCUT2D eigenvalue weighted by atomic mass is 9.95. The third-order valence-electron chi connectivity index (χ3n) is 6.07. The van der Waals surface area contributed by atoms with Gasteiger partial charge in [-0.15, -0.1) is 0 Å². The molecule has 176 valence electrons. The molecule has 33 heavy (non-hydrogen) atoms. The van der Waals surface area contributed by atoms with Gasteiger partial charge in [-0.25, -0.2) is 0 Å². The summed E-state index contributed by atoms with van der Waals surface area (Å²) in [5.74, 6) is -0.957. The molecule has 1 amide bonds. The Morgan fingerprint density at radius 2 is 1.67 bits per heavy atom. The van der Waals surface area contributed by atoms with Crippen LogP contribution in [0.3, 0.4) is 0 Å². The van der Waals surface area contributed by atoms with E-state index in [9.17, 15) is 14.7 Å². The lowest BCUT2D eigenvalue weighted by Crippen LogP contribution is -3.12. The van der Waals surface area contributed by atoms with Crippen LogP contribution in [-0.2, 0) is 9.59 Å². The van der Waals surface area contributed by atoms with Crippen LogP contribution in [0.25, 0.3) is 5.76 Å². The van der Waals surface area contributed by atoms with Crippen molar-refractivity contribution in [1.82, 2.24) is 4.90 Å². The highest BCUT2D eigenvalue weighted by Crippen LogP contribution is 2.41. The van der Waals surface area contributed by atoms with Crippen LogP contribution in [0.5, 0.6) is 11.5 Å². The van der Waals surface area contributed by atoms with Gasteiger partial charge in [-0.2, -0.15) is 0 Å². The van der Waals surface area contributed by atoms with Crippen molar-refractivity contribution in [2.24, 2.45) is 0 Å². The number of methoxy groups -OCH3 is 2. The summed E-state index contributed by atoms with van der Waals surface area (Å²) in [5, 5.41) is 13.9. The van der Waals surface area contributed by atoms with E-state index < -0.39 is 23.5 Å². The highest BCUT2D eigenvalue weighted by Gasteiger charge is 2.44. The fourth-order valence-corrected chi connectivity index (χ4v) is 4.24. The minimum Gasteiger partial charge on any atom is -0.872 e. The Morgan fingerprint density at radius 1 is 1.03 bits per heavy atom.